The van der Waals surface area contributed by atoms with Crippen molar-refractivity contribution in [2.45, 2.75) is 36.2 Å². The van der Waals surface area contributed by atoms with Gasteiger partial charge in [0.25, 0.3) is 0 Å². The summed E-state index contributed by atoms with van der Waals surface area (Å²) in [5.74, 6) is 0.584. The van der Waals surface area contributed by atoms with Crippen molar-refractivity contribution in [3.8, 4) is 0 Å². The third-order valence-electron chi connectivity index (χ3n) is 5.64. The lowest BCUT2D eigenvalue weighted by Gasteiger charge is -2.18. The van der Waals surface area contributed by atoms with Crippen LogP contribution in [0.25, 0.3) is 0 Å². The van der Waals surface area contributed by atoms with E-state index >= 15 is 0 Å². The predicted molar refractivity (Wildman–Crippen MR) is 113 cm³/mol. The Morgan fingerprint density at radius 1 is 1.07 bits per heavy atom. The fourth-order valence-corrected chi connectivity index (χ4v) is 5.26. The van der Waals surface area contributed by atoms with Gasteiger partial charge in [-0.1, -0.05) is 30.3 Å². The van der Waals surface area contributed by atoms with E-state index in [0.29, 0.717) is 12.0 Å². The van der Waals surface area contributed by atoms with Gasteiger partial charge in [0, 0.05) is 37.4 Å². The summed E-state index contributed by atoms with van der Waals surface area (Å²) in [5, 5.41) is 3.65. The molecule has 1 aliphatic carbocycles. The van der Waals surface area contributed by atoms with Gasteiger partial charge in [0.15, 0.2) is 11.0 Å². The average Bonchev–Trinajstić information content (AvgIpc) is 3.42. The van der Waals surface area contributed by atoms with Crippen molar-refractivity contribution >= 4 is 16.7 Å². The smallest absolute Gasteiger partial charge is 0.152 e. The second kappa shape index (κ2) is 7.49. The van der Waals surface area contributed by atoms with Crippen molar-refractivity contribution in [2.24, 2.45) is 0 Å². The zero-order valence-electron chi connectivity index (χ0n) is 15.6. The van der Waals surface area contributed by atoms with Gasteiger partial charge in [0.1, 0.15) is 0 Å². The van der Waals surface area contributed by atoms with Crippen LogP contribution in [0, 0.1) is 0 Å². The van der Waals surface area contributed by atoms with Crippen molar-refractivity contribution < 1.29 is 4.21 Å². The van der Waals surface area contributed by atoms with Crippen LogP contribution in [0.15, 0.2) is 78.0 Å². The molecule has 1 N–H and O–H groups in total. The van der Waals surface area contributed by atoms with E-state index in [1.54, 1.807) is 0 Å². The molecule has 3 aromatic rings. The molecule has 0 saturated heterocycles. The molecule has 2 aromatic carbocycles. The second-order valence-electron chi connectivity index (χ2n) is 7.49. The SMILES string of the molecule is O=S(c1ccccc1)N1CCc2cc(C3CC3NCc3ccncc3)ccc21. The standard InChI is InChI=1S/C23H23N3OS/c27-28(20-4-2-1-3-5-20)26-13-10-19-14-18(6-7-23(19)26)21-15-22(21)25-16-17-8-11-24-12-9-17/h1-9,11-12,14,21-22,25H,10,13,15-16H2. The Morgan fingerprint density at radius 3 is 2.71 bits per heavy atom. The number of hydrogen-bond acceptors (Lipinski definition) is 3. The number of fused-ring (bicyclic) bond motifs is 1. The minimum absolute atomic E-state index is 0.544. The van der Waals surface area contributed by atoms with E-state index in [-0.39, 0.29) is 0 Å². The third kappa shape index (κ3) is 3.48. The van der Waals surface area contributed by atoms with Gasteiger partial charge in [-0.2, -0.15) is 0 Å². The molecule has 1 aromatic heterocycles. The van der Waals surface area contributed by atoms with Gasteiger partial charge in [-0.15, -0.1) is 0 Å². The lowest BCUT2D eigenvalue weighted by Crippen LogP contribution is -2.23. The summed E-state index contributed by atoms with van der Waals surface area (Å²) in [7, 11) is -1.14. The van der Waals surface area contributed by atoms with Crippen molar-refractivity contribution in [1.29, 1.82) is 0 Å². The van der Waals surface area contributed by atoms with Crippen molar-refractivity contribution in [1.82, 2.24) is 10.3 Å². The van der Waals surface area contributed by atoms with Gasteiger partial charge >= 0.3 is 0 Å². The molecule has 2 heterocycles. The van der Waals surface area contributed by atoms with E-state index in [2.05, 4.69) is 40.6 Å². The Hall–Kier alpha value is -2.50. The van der Waals surface area contributed by atoms with Gasteiger partial charge in [-0.3, -0.25) is 9.29 Å². The molecule has 0 bridgehead atoms. The third-order valence-corrected chi connectivity index (χ3v) is 7.09. The minimum Gasteiger partial charge on any atom is -0.309 e. The number of rotatable bonds is 6. The summed E-state index contributed by atoms with van der Waals surface area (Å²) >= 11 is 0. The molecule has 5 rings (SSSR count). The van der Waals surface area contributed by atoms with E-state index in [4.69, 9.17) is 0 Å². The normalized spacial score (nSPS) is 21.4. The quantitative estimate of drug-likeness (QED) is 0.697. The number of pyridine rings is 1. The summed E-state index contributed by atoms with van der Waals surface area (Å²) in [6.45, 7) is 1.70. The van der Waals surface area contributed by atoms with Crippen LogP contribution in [-0.4, -0.2) is 21.8 Å². The molecule has 28 heavy (non-hydrogen) atoms. The topological polar surface area (TPSA) is 45.2 Å². The summed E-state index contributed by atoms with van der Waals surface area (Å²) in [6.07, 6.45) is 5.83. The lowest BCUT2D eigenvalue weighted by molar-refractivity contribution is 0.672. The Balaban J connectivity index is 1.26. The highest BCUT2D eigenvalue weighted by Gasteiger charge is 2.38. The van der Waals surface area contributed by atoms with Crippen LogP contribution < -0.4 is 9.62 Å². The molecule has 142 valence electrons. The summed E-state index contributed by atoms with van der Waals surface area (Å²) in [6, 6.07) is 21.1. The molecule has 0 amide bonds. The molecule has 2 aliphatic rings. The lowest BCUT2D eigenvalue weighted by atomic mass is 10.0. The van der Waals surface area contributed by atoms with Crippen molar-refractivity contribution in [3.05, 3.63) is 89.7 Å². The molecule has 1 fully saturated rings. The van der Waals surface area contributed by atoms with Gasteiger partial charge in [0.05, 0.1) is 10.6 Å². The molecule has 5 heteroatoms. The maximum Gasteiger partial charge on any atom is 0.152 e. The first-order valence-corrected chi connectivity index (χ1v) is 10.9. The van der Waals surface area contributed by atoms with E-state index in [9.17, 15) is 4.21 Å². The summed E-state index contributed by atoms with van der Waals surface area (Å²) in [5.41, 5.74) is 5.11. The molecule has 0 radical (unpaired) electrons. The Kier molecular flexibility index (Phi) is 4.71. The molecular weight excluding hydrogens is 366 g/mol. The number of hydrogen-bond donors (Lipinski definition) is 1. The zero-order chi connectivity index (χ0) is 18.9. The summed E-state index contributed by atoms with van der Waals surface area (Å²) < 4.78 is 15.0. The molecular formula is C23H23N3OS. The van der Waals surface area contributed by atoms with Crippen LogP contribution in [0.5, 0.6) is 0 Å². The number of nitrogens with zero attached hydrogens (tertiary/aromatic N) is 2. The van der Waals surface area contributed by atoms with Gasteiger partial charge in [-0.25, -0.2) is 4.21 Å². The van der Waals surface area contributed by atoms with Crippen LogP contribution in [0.4, 0.5) is 5.69 Å². The van der Waals surface area contributed by atoms with Crippen molar-refractivity contribution in [3.63, 3.8) is 0 Å². The maximum absolute atomic E-state index is 12.9. The second-order valence-corrected chi connectivity index (χ2v) is 8.90. The highest BCUT2D eigenvalue weighted by Crippen LogP contribution is 2.43. The van der Waals surface area contributed by atoms with Crippen LogP contribution in [0.3, 0.4) is 0 Å². The largest absolute Gasteiger partial charge is 0.309 e. The molecule has 1 saturated carbocycles. The number of aromatic nitrogens is 1. The Morgan fingerprint density at radius 2 is 1.89 bits per heavy atom. The maximum atomic E-state index is 12.9. The molecule has 4 nitrogen and oxygen atoms in total. The Labute approximate surface area is 168 Å². The first kappa shape index (κ1) is 17.6. The zero-order valence-corrected chi connectivity index (χ0v) is 16.4. The highest BCUT2D eigenvalue weighted by molar-refractivity contribution is 7.86. The van der Waals surface area contributed by atoms with E-state index in [0.717, 1.165) is 30.1 Å². The van der Waals surface area contributed by atoms with Gasteiger partial charge < -0.3 is 5.32 Å². The predicted octanol–water partition coefficient (Wildman–Crippen LogP) is 3.81. The fraction of sp³-hybridized carbons (Fsp3) is 0.261. The monoisotopic (exact) mass is 389 g/mol. The van der Waals surface area contributed by atoms with Crippen LogP contribution >= 0.6 is 0 Å². The first-order valence-electron chi connectivity index (χ1n) is 9.79. The van der Waals surface area contributed by atoms with E-state index in [1.807, 2.05) is 47.0 Å². The van der Waals surface area contributed by atoms with Crippen molar-refractivity contribution in [2.75, 3.05) is 10.8 Å². The molecule has 3 unspecified atom stereocenters. The van der Waals surface area contributed by atoms with Crippen LogP contribution in [0.2, 0.25) is 0 Å². The molecule has 1 aliphatic heterocycles. The van der Waals surface area contributed by atoms with E-state index in [1.165, 1.54) is 23.1 Å². The van der Waals surface area contributed by atoms with Crippen LogP contribution in [0.1, 0.15) is 29.0 Å². The summed E-state index contributed by atoms with van der Waals surface area (Å²) in [4.78, 5) is 4.93. The average molecular weight is 390 g/mol. The van der Waals surface area contributed by atoms with Crippen LogP contribution in [-0.2, 0) is 24.0 Å². The van der Waals surface area contributed by atoms with Gasteiger partial charge in [0.2, 0.25) is 0 Å². The Bertz CT molecular complexity index is 993. The number of benzene rings is 2. The minimum atomic E-state index is -1.14. The fourth-order valence-electron chi connectivity index (χ4n) is 4.00. The number of nitrogens with one attached hydrogen (secondary N) is 1. The molecule has 0 spiro atoms. The van der Waals surface area contributed by atoms with E-state index < -0.39 is 11.0 Å². The highest BCUT2D eigenvalue weighted by atomic mass is 32.2. The first-order chi connectivity index (χ1) is 13.8. The number of anilines is 1. The molecule has 3 atom stereocenters. The van der Waals surface area contributed by atoms with Gasteiger partial charge in [-0.05, 0) is 59.9 Å².